The maximum atomic E-state index is 11.6. The molecule has 2 amide bonds. The lowest BCUT2D eigenvalue weighted by Gasteiger charge is -2.12. The van der Waals surface area contributed by atoms with Crippen molar-refractivity contribution in [3.63, 3.8) is 0 Å². The Morgan fingerprint density at radius 3 is 2.47 bits per heavy atom. The van der Waals surface area contributed by atoms with Gasteiger partial charge in [-0.25, -0.2) is 0 Å². The van der Waals surface area contributed by atoms with Crippen LogP contribution < -0.4 is 5.32 Å². The number of carbonyl (C=O) groups is 2. The number of hydrogen-bond acceptors (Lipinski definition) is 2. The summed E-state index contributed by atoms with van der Waals surface area (Å²) in [4.78, 5) is 23.0. The third-order valence-corrected chi connectivity index (χ3v) is 3.78. The van der Waals surface area contributed by atoms with Gasteiger partial charge < -0.3 is 0 Å². The molecule has 0 spiro atoms. The molecule has 3 heteroatoms. The fraction of sp³-hybridized carbons (Fsp3) is 0.500. The summed E-state index contributed by atoms with van der Waals surface area (Å²) in [6.07, 6.45) is 4.54. The molecule has 3 aliphatic rings. The monoisotopic (exact) mass is 203 g/mol. The maximum absolute atomic E-state index is 11.6. The second-order valence-corrected chi connectivity index (χ2v) is 4.68. The summed E-state index contributed by atoms with van der Waals surface area (Å²) in [5.41, 5.74) is 3.87. The van der Waals surface area contributed by atoms with Crippen LogP contribution in [0.5, 0.6) is 0 Å². The van der Waals surface area contributed by atoms with Crippen LogP contribution >= 0.6 is 0 Å². The number of allylic oxidation sites excluding steroid dienone is 1. The minimum atomic E-state index is -0.217. The number of fused-ring (bicyclic) bond motifs is 2. The van der Waals surface area contributed by atoms with Crippen molar-refractivity contribution in [3.8, 4) is 0 Å². The lowest BCUT2D eigenvalue weighted by molar-refractivity contribution is -0.124. The Kier molecular flexibility index (Phi) is 1.67. The summed E-state index contributed by atoms with van der Waals surface area (Å²) in [5, 5.41) is 2.37. The van der Waals surface area contributed by atoms with E-state index in [1.165, 1.54) is 17.6 Å². The molecular weight excluding hydrogens is 190 g/mol. The van der Waals surface area contributed by atoms with E-state index in [1.54, 1.807) is 6.92 Å². The zero-order valence-corrected chi connectivity index (χ0v) is 8.72. The van der Waals surface area contributed by atoms with Crippen molar-refractivity contribution in [3.05, 3.63) is 22.3 Å². The first-order valence-corrected chi connectivity index (χ1v) is 5.44. The largest absolute Gasteiger partial charge is 0.288 e. The Hall–Kier alpha value is -1.38. The SMILES string of the molecule is CC1=C(C2=C3CCC(C3)C2)C(=O)NC1=O. The zero-order valence-electron chi connectivity index (χ0n) is 8.72. The molecule has 0 aromatic carbocycles. The van der Waals surface area contributed by atoms with Crippen LogP contribution in [0, 0.1) is 5.92 Å². The van der Waals surface area contributed by atoms with Crippen LogP contribution in [0.25, 0.3) is 0 Å². The van der Waals surface area contributed by atoms with Crippen LogP contribution in [0.4, 0.5) is 0 Å². The van der Waals surface area contributed by atoms with Gasteiger partial charge in [-0.1, -0.05) is 5.57 Å². The number of carbonyl (C=O) groups excluding carboxylic acids is 2. The number of hydrogen-bond donors (Lipinski definition) is 1. The fourth-order valence-electron chi connectivity index (χ4n) is 3.00. The van der Waals surface area contributed by atoms with E-state index in [-0.39, 0.29) is 11.8 Å². The molecular formula is C12H13NO2. The van der Waals surface area contributed by atoms with Crippen molar-refractivity contribution in [1.82, 2.24) is 5.32 Å². The molecule has 3 rings (SSSR count). The minimum absolute atomic E-state index is 0.187. The topological polar surface area (TPSA) is 46.2 Å². The summed E-state index contributed by atoms with van der Waals surface area (Å²) in [6, 6.07) is 0. The lowest BCUT2D eigenvalue weighted by atomic mass is 9.92. The Balaban J connectivity index is 2.08. The third kappa shape index (κ3) is 1.12. The van der Waals surface area contributed by atoms with E-state index in [1.807, 2.05) is 0 Å². The van der Waals surface area contributed by atoms with Gasteiger partial charge in [0.15, 0.2) is 0 Å². The van der Waals surface area contributed by atoms with E-state index in [2.05, 4.69) is 5.32 Å². The summed E-state index contributed by atoms with van der Waals surface area (Å²) < 4.78 is 0. The van der Waals surface area contributed by atoms with E-state index >= 15 is 0 Å². The van der Waals surface area contributed by atoms with Gasteiger partial charge in [0.1, 0.15) is 0 Å². The van der Waals surface area contributed by atoms with Crippen molar-refractivity contribution < 1.29 is 9.59 Å². The van der Waals surface area contributed by atoms with Crippen LogP contribution in [0.3, 0.4) is 0 Å². The van der Waals surface area contributed by atoms with Crippen LogP contribution in [0.1, 0.15) is 32.6 Å². The highest BCUT2D eigenvalue weighted by atomic mass is 16.2. The smallest absolute Gasteiger partial charge is 0.258 e. The molecule has 0 aromatic heterocycles. The molecule has 1 fully saturated rings. The van der Waals surface area contributed by atoms with Crippen molar-refractivity contribution >= 4 is 11.8 Å². The van der Waals surface area contributed by atoms with Crippen molar-refractivity contribution in [1.29, 1.82) is 0 Å². The van der Waals surface area contributed by atoms with Gasteiger partial charge in [0.25, 0.3) is 11.8 Å². The van der Waals surface area contributed by atoms with Gasteiger partial charge in [-0.3, -0.25) is 14.9 Å². The highest BCUT2D eigenvalue weighted by Gasteiger charge is 2.37. The molecule has 1 aliphatic heterocycles. The molecule has 3 nitrogen and oxygen atoms in total. The predicted molar refractivity (Wildman–Crippen MR) is 54.8 cm³/mol. The summed E-state index contributed by atoms with van der Waals surface area (Å²) in [6.45, 7) is 1.75. The average Bonchev–Trinajstić information content (AvgIpc) is 2.83. The first-order chi connectivity index (χ1) is 7.16. The number of imide groups is 1. The first-order valence-electron chi connectivity index (χ1n) is 5.44. The van der Waals surface area contributed by atoms with Crippen LogP contribution in [-0.2, 0) is 9.59 Å². The molecule has 78 valence electrons. The van der Waals surface area contributed by atoms with Gasteiger partial charge in [-0.05, 0) is 44.1 Å². The van der Waals surface area contributed by atoms with Crippen molar-refractivity contribution in [2.75, 3.05) is 0 Å². The molecule has 1 N–H and O–H groups in total. The van der Waals surface area contributed by atoms with E-state index in [0.717, 1.165) is 25.2 Å². The lowest BCUT2D eigenvalue weighted by Crippen LogP contribution is -2.23. The Morgan fingerprint density at radius 1 is 1.20 bits per heavy atom. The summed E-state index contributed by atoms with van der Waals surface area (Å²) in [7, 11) is 0. The van der Waals surface area contributed by atoms with Crippen LogP contribution in [-0.4, -0.2) is 11.8 Å². The molecule has 1 heterocycles. The molecule has 0 aromatic rings. The van der Waals surface area contributed by atoms with E-state index in [4.69, 9.17) is 0 Å². The number of amides is 2. The van der Waals surface area contributed by atoms with Gasteiger partial charge in [-0.15, -0.1) is 0 Å². The third-order valence-electron chi connectivity index (χ3n) is 3.78. The van der Waals surface area contributed by atoms with Crippen molar-refractivity contribution in [2.45, 2.75) is 32.6 Å². The molecule has 0 radical (unpaired) electrons. The second-order valence-electron chi connectivity index (χ2n) is 4.68. The number of rotatable bonds is 1. The highest BCUT2D eigenvalue weighted by molar-refractivity contribution is 6.21. The maximum Gasteiger partial charge on any atom is 0.258 e. The normalized spacial score (nSPS) is 29.5. The molecule has 1 unspecified atom stereocenters. The standard InChI is InChI=1S/C12H13NO2/c1-6-10(12(15)13-11(6)14)9-5-7-2-3-8(9)4-7/h7H,2-5H2,1H3,(H,13,14,15). The quantitative estimate of drug-likeness (QED) is 0.656. The average molecular weight is 203 g/mol. The summed E-state index contributed by atoms with van der Waals surface area (Å²) in [5.74, 6) is 0.331. The summed E-state index contributed by atoms with van der Waals surface area (Å²) >= 11 is 0. The van der Waals surface area contributed by atoms with E-state index in [0.29, 0.717) is 11.1 Å². The van der Waals surface area contributed by atoms with Crippen LogP contribution in [0.2, 0.25) is 0 Å². The second kappa shape index (κ2) is 2.81. The molecule has 1 atom stereocenters. The minimum Gasteiger partial charge on any atom is -0.288 e. The fourth-order valence-corrected chi connectivity index (χ4v) is 3.00. The molecule has 2 bridgehead atoms. The van der Waals surface area contributed by atoms with Gasteiger partial charge in [0.05, 0.1) is 5.57 Å². The highest BCUT2D eigenvalue weighted by Crippen LogP contribution is 2.47. The molecule has 0 saturated heterocycles. The Labute approximate surface area is 88.2 Å². The zero-order chi connectivity index (χ0) is 10.6. The van der Waals surface area contributed by atoms with E-state index < -0.39 is 0 Å². The molecule has 15 heavy (non-hydrogen) atoms. The van der Waals surface area contributed by atoms with Gasteiger partial charge in [-0.2, -0.15) is 0 Å². The van der Waals surface area contributed by atoms with Gasteiger partial charge in [0.2, 0.25) is 0 Å². The molecule has 1 saturated carbocycles. The van der Waals surface area contributed by atoms with Gasteiger partial charge >= 0.3 is 0 Å². The Bertz CT molecular complexity index is 443. The van der Waals surface area contributed by atoms with E-state index in [9.17, 15) is 9.59 Å². The van der Waals surface area contributed by atoms with Crippen LogP contribution in [0.15, 0.2) is 22.3 Å². The predicted octanol–water partition coefficient (Wildman–Crippen LogP) is 1.46. The molecule has 2 aliphatic carbocycles. The first kappa shape index (κ1) is 8.89. The van der Waals surface area contributed by atoms with Gasteiger partial charge in [0, 0.05) is 5.57 Å². The van der Waals surface area contributed by atoms with Crippen molar-refractivity contribution in [2.24, 2.45) is 5.92 Å². The number of nitrogens with one attached hydrogen (secondary N) is 1. The Morgan fingerprint density at radius 2 is 2.00 bits per heavy atom.